The Morgan fingerprint density at radius 1 is 1.35 bits per heavy atom. The fraction of sp³-hybridized carbons (Fsp3) is 0.294. The standard InChI is InChI=1S/C17H16N4O2/c1-11-14-9-13(10-19-16(14)23-20-11)17(22)21-8-2-3-15(21)12-4-6-18-7-5-12/h4-7,9-10,15H,2-3,8H2,1H3/t15-/m0/s1. The minimum absolute atomic E-state index is 0.000637. The summed E-state index contributed by atoms with van der Waals surface area (Å²) < 4.78 is 5.11. The summed E-state index contributed by atoms with van der Waals surface area (Å²) in [6.07, 6.45) is 7.07. The van der Waals surface area contributed by atoms with Gasteiger partial charge in [-0.25, -0.2) is 4.98 Å². The van der Waals surface area contributed by atoms with Crippen LogP contribution in [0.4, 0.5) is 0 Å². The maximum absolute atomic E-state index is 12.9. The molecule has 4 heterocycles. The highest BCUT2D eigenvalue weighted by atomic mass is 16.5. The molecule has 0 aliphatic carbocycles. The summed E-state index contributed by atoms with van der Waals surface area (Å²) in [5, 5.41) is 4.67. The lowest BCUT2D eigenvalue weighted by atomic mass is 10.1. The van der Waals surface area contributed by atoms with Crippen LogP contribution in [0.5, 0.6) is 0 Å². The van der Waals surface area contributed by atoms with Gasteiger partial charge in [0.2, 0.25) is 0 Å². The van der Waals surface area contributed by atoms with Crippen LogP contribution in [0.2, 0.25) is 0 Å². The van der Waals surface area contributed by atoms with Crippen LogP contribution in [0, 0.1) is 6.92 Å². The molecule has 4 rings (SSSR count). The molecule has 0 saturated carbocycles. The summed E-state index contributed by atoms with van der Waals surface area (Å²) in [4.78, 5) is 23.1. The predicted molar refractivity (Wildman–Crippen MR) is 83.8 cm³/mol. The number of pyridine rings is 2. The third-order valence-corrected chi connectivity index (χ3v) is 4.36. The number of hydrogen-bond donors (Lipinski definition) is 0. The zero-order valence-corrected chi connectivity index (χ0v) is 12.8. The number of rotatable bonds is 2. The summed E-state index contributed by atoms with van der Waals surface area (Å²) in [6, 6.07) is 5.87. The van der Waals surface area contributed by atoms with E-state index in [9.17, 15) is 4.79 Å². The van der Waals surface area contributed by atoms with Gasteiger partial charge in [-0.2, -0.15) is 0 Å². The highest BCUT2D eigenvalue weighted by Crippen LogP contribution is 2.33. The lowest BCUT2D eigenvalue weighted by Gasteiger charge is -2.25. The van der Waals surface area contributed by atoms with E-state index in [1.807, 2.05) is 30.0 Å². The molecule has 1 fully saturated rings. The van der Waals surface area contributed by atoms with Gasteiger partial charge in [-0.15, -0.1) is 0 Å². The predicted octanol–water partition coefficient (Wildman–Crippen LogP) is 2.90. The van der Waals surface area contributed by atoms with Gasteiger partial charge in [0.05, 0.1) is 22.7 Å². The van der Waals surface area contributed by atoms with Gasteiger partial charge < -0.3 is 9.42 Å². The van der Waals surface area contributed by atoms with Crippen molar-refractivity contribution in [3.05, 3.63) is 53.6 Å². The number of carbonyl (C=O) groups is 1. The van der Waals surface area contributed by atoms with E-state index < -0.39 is 0 Å². The molecule has 0 radical (unpaired) electrons. The van der Waals surface area contributed by atoms with Crippen molar-refractivity contribution < 1.29 is 9.32 Å². The van der Waals surface area contributed by atoms with E-state index in [2.05, 4.69) is 15.1 Å². The second-order valence-corrected chi connectivity index (χ2v) is 5.78. The van der Waals surface area contributed by atoms with Crippen LogP contribution < -0.4 is 0 Å². The van der Waals surface area contributed by atoms with E-state index >= 15 is 0 Å². The van der Waals surface area contributed by atoms with E-state index in [1.54, 1.807) is 18.6 Å². The van der Waals surface area contributed by atoms with Gasteiger partial charge in [0.25, 0.3) is 11.6 Å². The highest BCUT2D eigenvalue weighted by molar-refractivity contribution is 5.97. The van der Waals surface area contributed by atoms with Crippen molar-refractivity contribution in [2.75, 3.05) is 6.54 Å². The third-order valence-electron chi connectivity index (χ3n) is 4.36. The Hall–Kier alpha value is -2.76. The Morgan fingerprint density at radius 2 is 2.17 bits per heavy atom. The van der Waals surface area contributed by atoms with Crippen LogP contribution in [0.3, 0.4) is 0 Å². The molecule has 1 saturated heterocycles. The number of fused-ring (bicyclic) bond motifs is 1. The second-order valence-electron chi connectivity index (χ2n) is 5.78. The molecule has 3 aromatic heterocycles. The SMILES string of the molecule is Cc1noc2ncc(C(=O)N3CCC[C@H]3c3ccncc3)cc12. The molecule has 1 amide bonds. The van der Waals surface area contributed by atoms with Crippen molar-refractivity contribution in [2.45, 2.75) is 25.8 Å². The Labute approximate surface area is 133 Å². The van der Waals surface area contributed by atoms with E-state index in [1.165, 1.54) is 0 Å². The molecule has 23 heavy (non-hydrogen) atoms. The van der Waals surface area contributed by atoms with Gasteiger partial charge in [-0.3, -0.25) is 9.78 Å². The molecular formula is C17H16N4O2. The number of likely N-dealkylation sites (tertiary alicyclic amines) is 1. The molecule has 6 heteroatoms. The molecule has 0 bridgehead atoms. The Morgan fingerprint density at radius 3 is 3.00 bits per heavy atom. The third kappa shape index (κ3) is 2.36. The first-order valence-corrected chi connectivity index (χ1v) is 7.67. The summed E-state index contributed by atoms with van der Waals surface area (Å²) in [5.41, 5.74) is 2.91. The molecule has 0 N–H and O–H groups in total. The van der Waals surface area contributed by atoms with Gasteiger partial charge in [0, 0.05) is 25.1 Å². The fourth-order valence-electron chi connectivity index (χ4n) is 3.17. The fourth-order valence-corrected chi connectivity index (χ4v) is 3.17. The van der Waals surface area contributed by atoms with Crippen LogP contribution in [-0.4, -0.2) is 32.5 Å². The Balaban J connectivity index is 1.68. The topological polar surface area (TPSA) is 72.1 Å². The van der Waals surface area contributed by atoms with Crippen molar-refractivity contribution in [3.63, 3.8) is 0 Å². The zero-order valence-electron chi connectivity index (χ0n) is 12.8. The van der Waals surface area contributed by atoms with E-state index in [0.29, 0.717) is 11.3 Å². The van der Waals surface area contributed by atoms with Crippen molar-refractivity contribution in [1.29, 1.82) is 0 Å². The quantitative estimate of drug-likeness (QED) is 0.728. The smallest absolute Gasteiger partial charge is 0.257 e. The number of carbonyl (C=O) groups excluding carboxylic acids is 1. The van der Waals surface area contributed by atoms with E-state index in [0.717, 1.165) is 36.0 Å². The van der Waals surface area contributed by atoms with Crippen LogP contribution >= 0.6 is 0 Å². The van der Waals surface area contributed by atoms with Crippen molar-refractivity contribution >= 4 is 17.0 Å². The minimum atomic E-state index is -0.000637. The largest absolute Gasteiger partial charge is 0.336 e. The van der Waals surface area contributed by atoms with Crippen molar-refractivity contribution in [1.82, 2.24) is 20.0 Å². The molecule has 0 spiro atoms. The number of aryl methyl sites for hydroxylation is 1. The first-order chi connectivity index (χ1) is 11.2. The number of nitrogens with zero attached hydrogens (tertiary/aromatic N) is 4. The first-order valence-electron chi connectivity index (χ1n) is 7.67. The molecule has 1 aliphatic rings. The minimum Gasteiger partial charge on any atom is -0.336 e. The lowest BCUT2D eigenvalue weighted by molar-refractivity contribution is 0.0735. The van der Waals surface area contributed by atoms with E-state index in [4.69, 9.17) is 4.52 Å². The van der Waals surface area contributed by atoms with E-state index in [-0.39, 0.29) is 11.9 Å². The van der Waals surface area contributed by atoms with Crippen molar-refractivity contribution in [3.8, 4) is 0 Å². The second kappa shape index (κ2) is 5.46. The van der Waals surface area contributed by atoms with Gasteiger partial charge in [0.15, 0.2) is 0 Å². The molecular weight excluding hydrogens is 292 g/mol. The summed E-state index contributed by atoms with van der Waals surface area (Å²) >= 11 is 0. The molecule has 0 aromatic carbocycles. The molecule has 1 aliphatic heterocycles. The molecule has 116 valence electrons. The Bertz CT molecular complexity index is 859. The molecule has 3 aromatic rings. The van der Waals surface area contributed by atoms with Crippen LogP contribution in [0.25, 0.3) is 11.1 Å². The van der Waals surface area contributed by atoms with Gasteiger partial charge in [-0.1, -0.05) is 5.16 Å². The number of aromatic nitrogens is 3. The highest BCUT2D eigenvalue weighted by Gasteiger charge is 2.31. The monoisotopic (exact) mass is 308 g/mol. The first kappa shape index (κ1) is 13.9. The van der Waals surface area contributed by atoms with Crippen LogP contribution in [-0.2, 0) is 0 Å². The Kier molecular flexibility index (Phi) is 3.29. The molecule has 0 unspecified atom stereocenters. The zero-order chi connectivity index (χ0) is 15.8. The number of amides is 1. The normalized spacial score (nSPS) is 17.8. The molecule has 6 nitrogen and oxygen atoms in total. The summed E-state index contributed by atoms with van der Waals surface area (Å²) in [5.74, 6) is -0.000637. The van der Waals surface area contributed by atoms with Gasteiger partial charge >= 0.3 is 0 Å². The summed E-state index contributed by atoms with van der Waals surface area (Å²) in [7, 11) is 0. The van der Waals surface area contributed by atoms with Crippen LogP contribution in [0.1, 0.15) is 40.5 Å². The van der Waals surface area contributed by atoms with Crippen LogP contribution in [0.15, 0.2) is 41.3 Å². The van der Waals surface area contributed by atoms with Gasteiger partial charge in [0.1, 0.15) is 0 Å². The van der Waals surface area contributed by atoms with Gasteiger partial charge in [-0.05, 0) is 43.5 Å². The maximum Gasteiger partial charge on any atom is 0.257 e. The number of hydrogen-bond acceptors (Lipinski definition) is 5. The average Bonchev–Trinajstić information content (AvgIpc) is 3.22. The lowest BCUT2D eigenvalue weighted by Crippen LogP contribution is -2.30. The van der Waals surface area contributed by atoms with Crippen molar-refractivity contribution in [2.24, 2.45) is 0 Å². The maximum atomic E-state index is 12.9. The molecule has 1 atom stereocenters. The summed E-state index contributed by atoms with van der Waals surface area (Å²) in [6.45, 7) is 2.60. The average molecular weight is 308 g/mol.